The number of hydrogen-bond donors (Lipinski definition) is 1. The number of aryl methyl sites for hydroxylation is 1. The molecular formula is C17H14ClFO2. The Morgan fingerprint density at radius 2 is 2.05 bits per heavy atom. The molecule has 0 amide bonds. The van der Waals surface area contributed by atoms with Gasteiger partial charge in [0.15, 0.2) is 0 Å². The van der Waals surface area contributed by atoms with Gasteiger partial charge in [-0.25, -0.2) is 4.39 Å². The van der Waals surface area contributed by atoms with E-state index in [0.717, 1.165) is 10.9 Å². The van der Waals surface area contributed by atoms with Crippen LogP contribution in [0.2, 0.25) is 5.02 Å². The van der Waals surface area contributed by atoms with Gasteiger partial charge in [0, 0.05) is 22.4 Å². The highest BCUT2D eigenvalue weighted by atomic mass is 35.5. The van der Waals surface area contributed by atoms with Gasteiger partial charge in [-0.05, 0) is 37.3 Å². The van der Waals surface area contributed by atoms with Crippen molar-refractivity contribution in [3.05, 3.63) is 70.2 Å². The molecule has 0 spiro atoms. The van der Waals surface area contributed by atoms with Crippen LogP contribution >= 0.6 is 11.6 Å². The molecule has 3 rings (SSSR count). The minimum Gasteiger partial charge on any atom is -0.458 e. The molecule has 1 unspecified atom stereocenters. The van der Waals surface area contributed by atoms with Crippen molar-refractivity contribution in [3.63, 3.8) is 0 Å². The van der Waals surface area contributed by atoms with Crippen molar-refractivity contribution in [1.82, 2.24) is 0 Å². The van der Waals surface area contributed by atoms with Crippen LogP contribution in [0.3, 0.4) is 0 Å². The quantitative estimate of drug-likeness (QED) is 0.753. The van der Waals surface area contributed by atoms with Gasteiger partial charge in [0.1, 0.15) is 23.3 Å². The lowest BCUT2D eigenvalue weighted by Gasteiger charge is -2.10. The average Bonchev–Trinajstić information content (AvgIpc) is 2.86. The minimum atomic E-state index is -0.938. The molecule has 0 saturated heterocycles. The summed E-state index contributed by atoms with van der Waals surface area (Å²) in [4.78, 5) is 0. The standard InChI is InChI=1S/C17H14ClFO2/c1-10-5-6-16-11(7-10)8-17(21-16)15(20)9-12-13(18)3-2-4-14(12)19/h2-8,15,20H,9H2,1H3. The van der Waals surface area contributed by atoms with Crippen LogP contribution in [-0.2, 0) is 6.42 Å². The van der Waals surface area contributed by atoms with E-state index in [1.165, 1.54) is 12.1 Å². The second kappa shape index (κ2) is 5.51. The fourth-order valence-corrected chi connectivity index (χ4v) is 2.61. The molecule has 4 heteroatoms. The number of halogens is 2. The fraction of sp³-hybridized carbons (Fsp3) is 0.176. The van der Waals surface area contributed by atoms with Crippen molar-refractivity contribution in [2.45, 2.75) is 19.4 Å². The average molecular weight is 305 g/mol. The van der Waals surface area contributed by atoms with E-state index in [1.54, 1.807) is 12.1 Å². The van der Waals surface area contributed by atoms with Crippen LogP contribution in [0.5, 0.6) is 0 Å². The summed E-state index contributed by atoms with van der Waals surface area (Å²) in [6, 6.07) is 12.0. The smallest absolute Gasteiger partial charge is 0.134 e. The second-order valence-corrected chi connectivity index (χ2v) is 5.52. The van der Waals surface area contributed by atoms with E-state index < -0.39 is 11.9 Å². The molecule has 21 heavy (non-hydrogen) atoms. The van der Waals surface area contributed by atoms with Gasteiger partial charge in [-0.1, -0.05) is 29.3 Å². The maximum atomic E-state index is 13.8. The van der Waals surface area contributed by atoms with Gasteiger partial charge in [0.05, 0.1) is 0 Å². The molecule has 0 radical (unpaired) electrons. The van der Waals surface area contributed by atoms with Gasteiger partial charge >= 0.3 is 0 Å². The molecule has 1 aromatic heterocycles. The molecular weight excluding hydrogens is 291 g/mol. The summed E-state index contributed by atoms with van der Waals surface area (Å²) in [7, 11) is 0. The maximum absolute atomic E-state index is 13.8. The predicted molar refractivity (Wildman–Crippen MR) is 81.0 cm³/mol. The number of aliphatic hydroxyl groups excluding tert-OH is 1. The monoisotopic (exact) mass is 304 g/mol. The third-order valence-corrected chi connectivity index (χ3v) is 3.83. The highest BCUT2D eigenvalue weighted by Crippen LogP contribution is 2.29. The Balaban J connectivity index is 1.91. The number of benzene rings is 2. The van der Waals surface area contributed by atoms with Crippen molar-refractivity contribution in [2.24, 2.45) is 0 Å². The Labute approximate surface area is 126 Å². The summed E-state index contributed by atoms with van der Waals surface area (Å²) in [5.41, 5.74) is 2.11. The molecule has 0 aliphatic rings. The highest BCUT2D eigenvalue weighted by molar-refractivity contribution is 6.31. The van der Waals surface area contributed by atoms with E-state index in [-0.39, 0.29) is 6.42 Å². The third-order valence-electron chi connectivity index (χ3n) is 3.48. The first-order valence-electron chi connectivity index (χ1n) is 6.65. The van der Waals surface area contributed by atoms with Crippen molar-refractivity contribution in [3.8, 4) is 0 Å². The first-order chi connectivity index (χ1) is 10.0. The molecule has 0 aliphatic carbocycles. The highest BCUT2D eigenvalue weighted by Gasteiger charge is 2.18. The molecule has 0 fully saturated rings. The Kier molecular flexibility index (Phi) is 3.70. The van der Waals surface area contributed by atoms with E-state index in [0.29, 0.717) is 21.9 Å². The molecule has 0 saturated carbocycles. The molecule has 2 aromatic carbocycles. The molecule has 1 atom stereocenters. The van der Waals surface area contributed by atoms with Gasteiger partial charge in [-0.3, -0.25) is 0 Å². The Hall–Kier alpha value is -1.84. The SMILES string of the molecule is Cc1ccc2oc(C(O)Cc3c(F)cccc3Cl)cc2c1. The first-order valence-corrected chi connectivity index (χ1v) is 7.03. The molecule has 0 bridgehead atoms. The maximum Gasteiger partial charge on any atom is 0.134 e. The zero-order chi connectivity index (χ0) is 15.0. The summed E-state index contributed by atoms with van der Waals surface area (Å²) in [5.74, 6) is -0.0107. The van der Waals surface area contributed by atoms with Gasteiger partial charge in [-0.15, -0.1) is 0 Å². The topological polar surface area (TPSA) is 33.4 Å². The van der Waals surface area contributed by atoms with Crippen LogP contribution in [0.15, 0.2) is 46.9 Å². The summed E-state index contributed by atoms with van der Waals surface area (Å²) in [6.07, 6.45) is -0.864. The minimum absolute atomic E-state index is 0.0737. The van der Waals surface area contributed by atoms with Crippen molar-refractivity contribution < 1.29 is 13.9 Å². The molecule has 0 aliphatic heterocycles. The number of furan rings is 1. The summed E-state index contributed by atoms with van der Waals surface area (Å²) in [6.45, 7) is 1.99. The van der Waals surface area contributed by atoms with E-state index in [2.05, 4.69) is 0 Å². The molecule has 3 aromatic rings. The van der Waals surface area contributed by atoms with Crippen LogP contribution in [0.25, 0.3) is 11.0 Å². The summed E-state index contributed by atoms with van der Waals surface area (Å²) in [5, 5.41) is 11.5. The lowest BCUT2D eigenvalue weighted by molar-refractivity contribution is 0.151. The van der Waals surface area contributed by atoms with Gasteiger partial charge in [-0.2, -0.15) is 0 Å². The van der Waals surface area contributed by atoms with Crippen LogP contribution in [0.1, 0.15) is 23.0 Å². The van der Waals surface area contributed by atoms with E-state index in [4.69, 9.17) is 16.0 Å². The zero-order valence-electron chi connectivity index (χ0n) is 11.4. The normalized spacial score (nSPS) is 12.8. The van der Waals surface area contributed by atoms with Crippen LogP contribution in [-0.4, -0.2) is 5.11 Å². The fourth-order valence-electron chi connectivity index (χ4n) is 2.37. The van der Waals surface area contributed by atoms with Crippen molar-refractivity contribution in [1.29, 1.82) is 0 Å². The van der Waals surface area contributed by atoms with Crippen molar-refractivity contribution in [2.75, 3.05) is 0 Å². The Bertz CT molecular complexity index is 774. The molecule has 108 valence electrons. The lowest BCUT2D eigenvalue weighted by Crippen LogP contribution is -2.03. The van der Waals surface area contributed by atoms with Gasteiger partial charge in [0.2, 0.25) is 0 Å². The number of hydrogen-bond acceptors (Lipinski definition) is 2. The zero-order valence-corrected chi connectivity index (χ0v) is 12.2. The second-order valence-electron chi connectivity index (χ2n) is 5.11. The van der Waals surface area contributed by atoms with Gasteiger partial charge in [0.25, 0.3) is 0 Å². The molecule has 1 N–H and O–H groups in total. The molecule has 1 heterocycles. The largest absolute Gasteiger partial charge is 0.458 e. The summed E-state index contributed by atoms with van der Waals surface area (Å²) < 4.78 is 19.4. The number of fused-ring (bicyclic) bond motifs is 1. The lowest BCUT2D eigenvalue weighted by atomic mass is 10.1. The number of rotatable bonds is 3. The van der Waals surface area contributed by atoms with Gasteiger partial charge < -0.3 is 9.52 Å². The van der Waals surface area contributed by atoms with Crippen molar-refractivity contribution >= 4 is 22.6 Å². The molecule has 2 nitrogen and oxygen atoms in total. The Morgan fingerprint density at radius 1 is 1.24 bits per heavy atom. The van der Waals surface area contributed by atoms with Crippen LogP contribution in [0.4, 0.5) is 4.39 Å². The Morgan fingerprint density at radius 3 is 2.81 bits per heavy atom. The van der Waals surface area contributed by atoms with E-state index in [1.807, 2.05) is 25.1 Å². The van der Waals surface area contributed by atoms with Crippen LogP contribution in [0, 0.1) is 12.7 Å². The van der Waals surface area contributed by atoms with E-state index in [9.17, 15) is 9.50 Å². The number of aliphatic hydroxyl groups is 1. The third kappa shape index (κ3) is 2.80. The van der Waals surface area contributed by atoms with E-state index >= 15 is 0 Å². The first kappa shape index (κ1) is 14.1. The van der Waals surface area contributed by atoms with Crippen LogP contribution < -0.4 is 0 Å². The predicted octanol–water partition coefficient (Wildman–Crippen LogP) is 4.81. The summed E-state index contributed by atoms with van der Waals surface area (Å²) >= 11 is 5.98.